The first kappa shape index (κ1) is 29.0. The lowest BCUT2D eigenvalue weighted by atomic mass is 9.92. The van der Waals surface area contributed by atoms with E-state index in [1.54, 1.807) is 12.3 Å². The minimum absolute atomic E-state index is 0.0564. The number of nitrogens with one attached hydrogen (secondary N) is 1. The van der Waals surface area contributed by atoms with E-state index in [0.29, 0.717) is 19.6 Å². The molecule has 0 bridgehead atoms. The zero-order valence-corrected chi connectivity index (χ0v) is 22.0. The van der Waals surface area contributed by atoms with Gasteiger partial charge in [0, 0.05) is 48.5 Å². The topological polar surface area (TPSA) is 99.1 Å². The highest BCUT2D eigenvalue weighted by Gasteiger charge is 2.46. The Morgan fingerprint density at radius 3 is 2.33 bits per heavy atom. The van der Waals surface area contributed by atoms with Crippen LogP contribution in [0.4, 0.5) is 27.6 Å². The number of hydrogen-bond acceptors (Lipinski definition) is 6. The second-order valence-electron chi connectivity index (χ2n) is 9.71. The van der Waals surface area contributed by atoms with E-state index in [0.717, 1.165) is 41.3 Å². The maximum atomic E-state index is 15.2. The second kappa shape index (κ2) is 11.4. The number of aromatic nitrogens is 1. The fourth-order valence-electron chi connectivity index (χ4n) is 5.17. The summed E-state index contributed by atoms with van der Waals surface area (Å²) in [7, 11) is 1.22. The number of anilines is 1. The van der Waals surface area contributed by atoms with Crippen molar-refractivity contribution in [3.05, 3.63) is 87.8 Å². The molecule has 222 valence electrons. The standard InChI is InChI=1S/C28H24F5N3O6/c1-40-18-11-20(29)23(21(30)12-18)19-13-36(22-3-2-9-35(26(22)38)16-8-10-41-14-16)27(39)24(19)34-25(37)15-4-6-17(7-5-15)42-28(31,32)33/h2-7,9,11-12,16,19,24H,8,10,13-14H2,1H3,(H,34,37)/t16?,19-,24?/m0/s1. The number of hydrogen-bond donors (Lipinski definition) is 1. The van der Waals surface area contributed by atoms with Crippen molar-refractivity contribution in [2.45, 2.75) is 30.8 Å². The Kier molecular flexibility index (Phi) is 7.91. The normalized spacial score (nSPS) is 20.6. The van der Waals surface area contributed by atoms with E-state index in [1.807, 2.05) is 0 Å². The Bertz CT molecular complexity index is 1530. The number of halogens is 5. The molecule has 2 aliphatic heterocycles. The van der Waals surface area contributed by atoms with Crippen LogP contribution in [0, 0.1) is 11.6 Å². The van der Waals surface area contributed by atoms with Crippen molar-refractivity contribution in [3.63, 3.8) is 0 Å². The monoisotopic (exact) mass is 593 g/mol. The van der Waals surface area contributed by atoms with Gasteiger partial charge in [0.15, 0.2) is 0 Å². The van der Waals surface area contributed by atoms with E-state index in [1.165, 1.54) is 17.7 Å². The summed E-state index contributed by atoms with van der Waals surface area (Å²) in [5, 5.41) is 2.45. The minimum Gasteiger partial charge on any atom is -0.497 e. The third-order valence-corrected chi connectivity index (χ3v) is 7.15. The maximum absolute atomic E-state index is 15.2. The third kappa shape index (κ3) is 5.79. The number of pyridine rings is 1. The number of nitrogens with zero attached hydrogens (tertiary/aromatic N) is 2. The summed E-state index contributed by atoms with van der Waals surface area (Å²) >= 11 is 0. The van der Waals surface area contributed by atoms with Crippen LogP contribution in [0.5, 0.6) is 11.5 Å². The summed E-state index contributed by atoms with van der Waals surface area (Å²) in [6.07, 6.45) is -2.81. The van der Waals surface area contributed by atoms with E-state index < -0.39 is 58.6 Å². The van der Waals surface area contributed by atoms with Gasteiger partial charge in [-0.15, -0.1) is 13.2 Å². The fraction of sp³-hybridized carbons (Fsp3) is 0.321. The number of carbonyl (C=O) groups is 2. The summed E-state index contributed by atoms with van der Waals surface area (Å²) in [4.78, 5) is 41.3. The van der Waals surface area contributed by atoms with Crippen LogP contribution in [0.15, 0.2) is 59.5 Å². The second-order valence-corrected chi connectivity index (χ2v) is 9.71. The van der Waals surface area contributed by atoms with E-state index in [9.17, 15) is 27.6 Å². The Balaban J connectivity index is 1.50. The van der Waals surface area contributed by atoms with Gasteiger partial charge in [-0.1, -0.05) is 0 Å². The van der Waals surface area contributed by atoms with Crippen LogP contribution in [0.1, 0.15) is 34.3 Å². The lowest BCUT2D eigenvalue weighted by Crippen LogP contribution is -2.44. The molecule has 2 amide bonds. The molecule has 0 spiro atoms. The smallest absolute Gasteiger partial charge is 0.497 e. The van der Waals surface area contributed by atoms with Crippen molar-refractivity contribution < 1.29 is 45.8 Å². The zero-order valence-electron chi connectivity index (χ0n) is 22.0. The first-order chi connectivity index (χ1) is 20.0. The summed E-state index contributed by atoms with van der Waals surface area (Å²) in [6, 6.07) is 6.91. The van der Waals surface area contributed by atoms with Gasteiger partial charge in [-0.2, -0.15) is 0 Å². The predicted molar refractivity (Wildman–Crippen MR) is 138 cm³/mol. The maximum Gasteiger partial charge on any atom is 0.573 e. The largest absolute Gasteiger partial charge is 0.573 e. The molecule has 2 aromatic carbocycles. The molecule has 14 heteroatoms. The van der Waals surface area contributed by atoms with Crippen LogP contribution in [-0.2, 0) is 9.53 Å². The molecule has 3 atom stereocenters. The van der Waals surface area contributed by atoms with Crippen molar-refractivity contribution in [1.82, 2.24) is 9.88 Å². The molecule has 1 aromatic heterocycles. The number of benzene rings is 2. The van der Waals surface area contributed by atoms with Crippen LogP contribution in [0.3, 0.4) is 0 Å². The van der Waals surface area contributed by atoms with Crippen LogP contribution in [0.2, 0.25) is 0 Å². The van der Waals surface area contributed by atoms with Crippen molar-refractivity contribution >= 4 is 17.5 Å². The summed E-state index contributed by atoms with van der Waals surface area (Å²) in [5.74, 6) is -5.75. The molecular weight excluding hydrogens is 569 g/mol. The fourth-order valence-corrected chi connectivity index (χ4v) is 5.17. The lowest BCUT2D eigenvalue weighted by Gasteiger charge is -2.20. The minimum atomic E-state index is -4.94. The zero-order chi connectivity index (χ0) is 30.2. The molecule has 0 saturated carbocycles. The molecule has 5 rings (SSSR count). The molecule has 3 aromatic rings. The highest BCUT2D eigenvalue weighted by atomic mass is 19.4. The van der Waals surface area contributed by atoms with Crippen molar-refractivity contribution in [1.29, 1.82) is 0 Å². The van der Waals surface area contributed by atoms with Gasteiger partial charge >= 0.3 is 6.36 Å². The molecular formula is C28H24F5N3O6. The van der Waals surface area contributed by atoms with Gasteiger partial charge in [0.1, 0.15) is 34.9 Å². The Hall–Kier alpha value is -4.46. The Morgan fingerprint density at radius 1 is 1.05 bits per heavy atom. The molecule has 0 aliphatic carbocycles. The van der Waals surface area contributed by atoms with E-state index in [-0.39, 0.29) is 29.6 Å². The molecule has 2 unspecified atom stereocenters. The number of amides is 2. The highest BCUT2D eigenvalue weighted by Crippen LogP contribution is 2.36. The highest BCUT2D eigenvalue weighted by molar-refractivity contribution is 6.05. The average molecular weight is 594 g/mol. The lowest BCUT2D eigenvalue weighted by molar-refractivity contribution is -0.274. The van der Waals surface area contributed by atoms with Gasteiger partial charge < -0.3 is 29.0 Å². The number of methoxy groups -OCH3 is 1. The van der Waals surface area contributed by atoms with Gasteiger partial charge in [0.05, 0.1) is 19.8 Å². The van der Waals surface area contributed by atoms with E-state index in [4.69, 9.17) is 9.47 Å². The SMILES string of the molecule is COc1cc(F)c([C@@H]2CN(c3cccn(C4CCOC4)c3=O)C(=O)C2NC(=O)c2ccc(OC(F)(F)F)cc2)c(F)c1. The van der Waals surface area contributed by atoms with Crippen molar-refractivity contribution in [2.75, 3.05) is 31.8 Å². The van der Waals surface area contributed by atoms with Crippen LogP contribution < -0.4 is 25.2 Å². The van der Waals surface area contributed by atoms with E-state index in [2.05, 4.69) is 10.1 Å². The van der Waals surface area contributed by atoms with E-state index >= 15 is 8.78 Å². The first-order valence-electron chi connectivity index (χ1n) is 12.8. The molecule has 42 heavy (non-hydrogen) atoms. The molecule has 2 saturated heterocycles. The Morgan fingerprint density at radius 2 is 1.74 bits per heavy atom. The number of ether oxygens (including phenoxy) is 3. The Labute approximate surface area is 235 Å². The molecule has 2 fully saturated rings. The first-order valence-corrected chi connectivity index (χ1v) is 12.8. The number of carbonyl (C=O) groups excluding carboxylic acids is 2. The number of rotatable bonds is 7. The van der Waals surface area contributed by atoms with Gasteiger partial charge in [0.2, 0.25) is 5.91 Å². The van der Waals surface area contributed by atoms with Gasteiger partial charge in [-0.25, -0.2) is 8.78 Å². The molecule has 0 radical (unpaired) electrons. The van der Waals surface area contributed by atoms with Gasteiger partial charge in [-0.05, 0) is 42.8 Å². The summed E-state index contributed by atoms with van der Waals surface area (Å²) < 4.78 is 83.5. The van der Waals surface area contributed by atoms with Gasteiger partial charge in [0.25, 0.3) is 11.5 Å². The van der Waals surface area contributed by atoms with Crippen LogP contribution in [0.25, 0.3) is 0 Å². The van der Waals surface area contributed by atoms with Crippen molar-refractivity contribution in [2.24, 2.45) is 0 Å². The molecule has 2 aliphatic rings. The average Bonchev–Trinajstić information content (AvgIpc) is 3.57. The predicted octanol–water partition coefficient (Wildman–Crippen LogP) is 3.92. The summed E-state index contributed by atoms with van der Waals surface area (Å²) in [6.45, 7) is 0.399. The quantitative estimate of drug-likeness (QED) is 0.417. The molecule has 9 nitrogen and oxygen atoms in total. The van der Waals surface area contributed by atoms with Gasteiger partial charge in [-0.3, -0.25) is 14.4 Å². The van der Waals surface area contributed by atoms with Crippen LogP contribution >= 0.6 is 0 Å². The third-order valence-electron chi connectivity index (χ3n) is 7.15. The summed E-state index contributed by atoms with van der Waals surface area (Å²) in [5.41, 5.74) is -1.23. The number of alkyl halides is 3. The molecule has 3 heterocycles. The van der Waals surface area contributed by atoms with Crippen LogP contribution in [-0.4, -0.2) is 55.7 Å². The molecule has 1 N–H and O–H groups in total. The van der Waals surface area contributed by atoms with Crippen molar-refractivity contribution in [3.8, 4) is 11.5 Å².